The van der Waals surface area contributed by atoms with Crippen LogP contribution in [0.4, 0.5) is 0 Å². The van der Waals surface area contributed by atoms with E-state index in [-0.39, 0.29) is 6.61 Å². The summed E-state index contributed by atoms with van der Waals surface area (Å²) in [6, 6.07) is 18.0. The quantitative estimate of drug-likeness (QED) is 0.766. The number of aliphatic hydroxyl groups is 1. The fourth-order valence-corrected chi connectivity index (χ4v) is 2.46. The van der Waals surface area contributed by atoms with Crippen molar-refractivity contribution < 1.29 is 14.6 Å². The van der Waals surface area contributed by atoms with Crippen LogP contribution in [0.1, 0.15) is 19.4 Å². The Morgan fingerprint density at radius 3 is 2.17 bits per heavy atom. The van der Waals surface area contributed by atoms with Gasteiger partial charge in [-0.15, -0.1) is 0 Å². The predicted octanol–water partition coefficient (Wildman–Crippen LogP) is 3.35. The number of benzene rings is 2. The van der Waals surface area contributed by atoms with E-state index in [1.807, 2.05) is 42.5 Å². The van der Waals surface area contributed by atoms with Crippen LogP contribution in [0.25, 0.3) is 0 Å². The summed E-state index contributed by atoms with van der Waals surface area (Å²) in [6.45, 7) is 5.94. The van der Waals surface area contributed by atoms with Crippen molar-refractivity contribution in [1.82, 2.24) is 4.90 Å². The molecule has 0 radical (unpaired) electrons. The summed E-state index contributed by atoms with van der Waals surface area (Å²) in [5.41, 5.74) is 1.24. The lowest BCUT2D eigenvalue weighted by atomic mass is 10.1. The van der Waals surface area contributed by atoms with Crippen molar-refractivity contribution in [2.75, 3.05) is 20.3 Å². The first-order valence-corrected chi connectivity index (χ1v) is 8.31. The number of ether oxygens (including phenoxy) is 2. The van der Waals surface area contributed by atoms with Gasteiger partial charge in [-0.2, -0.15) is 0 Å². The van der Waals surface area contributed by atoms with Crippen molar-refractivity contribution in [2.45, 2.75) is 32.5 Å². The molecule has 0 saturated heterocycles. The van der Waals surface area contributed by atoms with Crippen LogP contribution in [0.2, 0.25) is 0 Å². The second-order valence-electron chi connectivity index (χ2n) is 6.15. The van der Waals surface area contributed by atoms with Gasteiger partial charge in [0, 0.05) is 19.1 Å². The topological polar surface area (TPSA) is 41.9 Å². The standard InChI is InChI=1S/C20H27NO3/c1-16(2)21(13-17-7-5-4-6-8-17)14-18(22)15-24-20-11-9-19(23-3)10-12-20/h4-12,16,18,22H,13-15H2,1-3H3. The summed E-state index contributed by atoms with van der Waals surface area (Å²) in [7, 11) is 1.63. The molecule has 0 bridgehead atoms. The first-order valence-electron chi connectivity index (χ1n) is 8.31. The lowest BCUT2D eigenvalue weighted by Gasteiger charge is -2.28. The molecule has 2 rings (SSSR count). The first-order chi connectivity index (χ1) is 11.6. The van der Waals surface area contributed by atoms with Gasteiger partial charge in [0.2, 0.25) is 0 Å². The van der Waals surface area contributed by atoms with Crippen molar-refractivity contribution >= 4 is 0 Å². The Morgan fingerprint density at radius 1 is 0.958 bits per heavy atom. The van der Waals surface area contributed by atoms with Gasteiger partial charge in [-0.05, 0) is 43.7 Å². The Hall–Kier alpha value is -2.04. The van der Waals surface area contributed by atoms with Crippen molar-refractivity contribution in [2.24, 2.45) is 0 Å². The molecule has 4 nitrogen and oxygen atoms in total. The van der Waals surface area contributed by atoms with E-state index < -0.39 is 6.10 Å². The van der Waals surface area contributed by atoms with Crippen molar-refractivity contribution in [3.8, 4) is 11.5 Å². The largest absolute Gasteiger partial charge is 0.497 e. The highest BCUT2D eigenvalue weighted by Gasteiger charge is 2.16. The summed E-state index contributed by atoms with van der Waals surface area (Å²) in [5, 5.41) is 10.3. The van der Waals surface area contributed by atoms with E-state index in [2.05, 4.69) is 30.9 Å². The van der Waals surface area contributed by atoms with Crippen LogP contribution in [-0.2, 0) is 6.54 Å². The molecule has 130 valence electrons. The summed E-state index contributed by atoms with van der Waals surface area (Å²) in [5.74, 6) is 1.52. The van der Waals surface area contributed by atoms with Gasteiger partial charge in [0.05, 0.1) is 7.11 Å². The monoisotopic (exact) mass is 329 g/mol. The van der Waals surface area contributed by atoms with Crippen molar-refractivity contribution in [3.63, 3.8) is 0 Å². The highest BCUT2D eigenvalue weighted by atomic mass is 16.5. The average Bonchev–Trinajstić information content (AvgIpc) is 2.60. The van der Waals surface area contributed by atoms with Crippen LogP contribution in [0, 0.1) is 0 Å². The lowest BCUT2D eigenvalue weighted by Crippen LogP contribution is -2.39. The van der Waals surface area contributed by atoms with Crippen molar-refractivity contribution in [3.05, 3.63) is 60.2 Å². The number of nitrogens with zero attached hydrogens (tertiary/aromatic N) is 1. The average molecular weight is 329 g/mol. The molecule has 0 amide bonds. The van der Waals surface area contributed by atoms with Gasteiger partial charge in [-0.25, -0.2) is 0 Å². The molecule has 0 fully saturated rings. The number of hydrogen-bond donors (Lipinski definition) is 1. The minimum atomic E-state index is -0.543. The van der Waals surface area contributed by atoms with E-state index in [9.17, 15) is 5.11 Å². The molecule has 1 N–H and O–H groups in total. The maximum Gasteiger partial charge on any atom is 0.119 e. The SMILES string of the molecule is COc1ccc(OCC(O)CN(Cc2ccccc2)C(C)C)cc1. The third-order valence-corrected chi connectivity index (χ3v) is 3.91. The molecular weight excluding hydrogens is 302 g/mol. The Kier molecular flexibility index (Phi) is 7.09. The summed E-state index contributed by atoms with van der Waals surface area (Å²) in [6.07, 6.45) is -0.543. The van der Waals surface area contributed by atoms with Gasteiger partial charge in [0.1, 0.15) is 24.2 Å². The van der Waals surface area contributed by atoms with E-state index in [0.29, 0.717) is 12.6 Å². The molecule has 24 heavy (non-hydrogen) atoms. The highest BCUT2D eigenvalue weighted by molar-refractivity contribution is 5.31. The zero-order chi connectivity index (χ0) is 17.4. The molecule has 0 spiro atoms. The molecule has 0 heterocycles. The Bertz CT molecular complexity index is 584. The Balaban J connectivity index is 1.84. The summed E-state index contributed by atoms with van der Waals surface area (Å²) in [4.78, 5) is 2.25. The van der Waals surface area contributed by atoms with Gasteiger partial charge in [0.15, 0.2) is 0 Å². The third-order valence-electron chi connectivity index (χ3n) is 3.91. The number of hydrogen-bond acceptors (Lipinski definition) is 4. The molecular formula is C20H27NO3. The number of rotatable bonds is 9. The minimum Gasteiger partial charge on any atom is -0.497 e. The second kappa shape index (κ2) is 9.30. The van der Waals surface area contributed by atoms with E-state index in [1.165, 1.54) is 5.56 Å². The number of aliphatic hydroxyl groups excluding tert-OH is 1. The van der Waals surface area contributed by atoms with Gasteiger partial charge < -0.3 is 14.6 Å². The van der Waals surface area contributed by atoms with Crippen LogP contribution in [-0.4, -0.2) is 42.4 Å². The van der Waals surface area contributed by atoms with Crippen LogP contribution in [0.15, 0.2) is 54.6 Å². The van der Waals surface area contributed by atoms with E-state index >= 15 is 0 Å². The smallest absolute Gasteiger partial charge is 0.119 e. The van der Waals surface area contributed by atoms with Crippen LogP contribution >= 0.6 is 0 Å². The van der Waals surface area contributed by atoms with Crippen LogP contribution in [0.5, 0.6) is 11.5 Å². The minimum absolute atomic E-state index is 0.268. The normalized spacial score (nSPS) is 12.4. The van der Waals surface area contributed by atoms with E-state index in [0.717, 1.165) is 18.0 Å². The van der Waals surface area contributed by atoms with Crippen molar-refractivity contribution in [1.29, 1.82) is 0 Å². The summed E-state index contributed by atoms with van der Waals surface area (Å²) < 4.78 is 10.8. The predicted molar refractivity (Wildman–Crippen MR) is 96.5 cm³/mol. The molecule has 2 aromatic rings. The molecule has 0 aromatic heterocycles. The van der Waals surface area contributed by atoms with Gasteiger partial charge in [-0.3, -0.25) is 4.90 Å². The molecule has 2 aromatic carbocycles. The Morgan fingerprint density at radius 2 is 1.58 bits per heavy atom. The first kappa shape index (κ1) is 18.3. The summed E-state index contributed by atoms with van der Waals surface area (Å²) >= 11 is 0. The highest BCUT2D eigenvalue weighted by Crippen LogP contribution is 2.17. The zero-order valence-electron chi connectivity index (χ0n) is 14.7. The molecule has 0 aliphatic carbocycles. The lowest BCUT2D eigenvalue weighted by molar-refractivity contribution is 0.0543. The maximum atomic E-state index is 10.3. The Labute approximate surface area is 144 Å². The third kappa shape index (κ3) is 5.87. The van der Waals surface area contributed by atoms with Gasteiger partial charge in [0.25, 0.3) is 0 Å². The maximum absolute atomic E-state index is 10.3. The fraction of sp³-hybridized carbons (Fsp3) is 0.400. The molecule has 4 heteroatoms. The molecule has 1 atom stereocenters. The number of methoxy groups -OCH3 is 1. The molecule has 0 saturated carbocycles. The van der Waals surface area contributed by atoms with E-state index in [4.69, 9.17) is 9.47 Å². The fourth-order valence-electron chi connectivity index (χ4n) is 2.46. The van der Waals surface area contributed by atoms with Gasteiger partial charge in [-0.1, -0.05) is 30.3 Å². The zero-order valence-corrected chi connectivity index (χ0v) is 14.7. The van der Waals surface area contributed by atoms with Crippen LogP contribution < -0.4 is 9.47 Å². The van der Waals surface area contributed by atoms with Gasteiger partial charge >= 0.3 is 0 Å². The van der Waals surface area contributed by atoms with E-state index in [1.54, 1.807) is 7.11 Å². The molecule has 0 aliphatic rings. The molecule has 1 unspecified atom stereocenters. The second-order valence-corrected chi connectivity index (χ2v) is 6.15. The van der Waals surface area contributed by atoms with Crippen LogP contribution in [0.3, 0.4) is 0 Å². The molecule has 0 aliphatic heterocycles.